The van der Waals surface area contributed by atoms with E-state index in [1.165, 1.54) is 11.8 Å². The molecule has 1 amide bonds. The normalized spacial score (nSPS) is 12.5. The van der Waals surface area contributed by atoms with Gasteiger partial charge in [0.15, 0.2) is 0 Å². The van der Waals surface area contributed by atoms with Gasteiger partial charge in [0.05, 0.1) is 5.25 Å². The molecule has 0 saturated carbocycles. The fourth-order valence-corrected chi connectivity index (χ4v) is 3.05. The van der Waals surface area contributed by atoms with Crippen molar-refractivity contribution in [3.05, 3.63) is 33.8 Å². The first kappa shape index (κ1) is 16.7. The molecular weight excluding hydrogens is 301 g/mol. The lowest BCUT2D eigenvalue weighted by molar-refractivity contribution is -0.120. The van der Waals surface area contributed by atoms with Crippen LogP contribution in [0.2, 0.25) is 10.0 Å². The van der Waals surface area contributed by atoms with E-state index < -0.39 is 0 Å². The van der Waals surface area contributed by atoms with Crippen molar-refractivity contribution in [3.63, 3.8) is 0 Å². The van der Waals surface area contributed by atoms with Crippen LogP contribution in [-0.4, -0.2) is 17.7 Å². The highest BCUT2D eigenvalue weighted by molar-refractivity contribution is 7.99. The van der Waals surface area contributed by atoms with Crippen LogP contribution in [0.15, 0.2) is 18.2 Å². The Hall–Kier alpha value is -0.380. The van der Waals surface area contributed by atoms with Crippen LogP contribution >= 0.6 is 35.0 Å². The third-order valence-corrected chi connectivity index (χ3v) is 4.47. The second-order valence-corrected chi connectivity index (χ2v) is 6.94. The second kappa shape index (κ2) is 8.03. The highest BCUT2D eigenvalue weighted by Gasteiger charge is 2.15. The number of hydrogen-bond acceptors (Lipinski definition) is 2. The van der Waals surface area contributed by atoms with Crippen LogP contribution in [0.1, 0.15) is 26.3 Å². The quantitative estimate of drug-likeness (QED) is 0.842. The lowest BCUT2D eigenvalue weighted by atomic mass is 10.2. The highest BCUT2D eigenvalue weighted by Crippen LogP contribution is 2.29. The number of halogens is 2. The Kier molecular flexibility index (Phi) is 7.05. The number of carbonyl (C=O) groups is 1. The molecule has 5 heteroatoms. The zero-order chi connectivity index (χ0) is 14.4. The smallest absolute Gasteiger partial charge is 0.232 e. The molecule has 0 radical (unpaired) electrons. The van der Waals surface area contributed by atoms with E-state index in [1.807, 2.05) is 25.1 Å². The minimum atomic E-state index is -0.119. The van der Waals surface area contributed by atoms with Crippen LogP contribution < -0.4 is 5.32 Å². The molecule has 0 aromatic heterocycles. The van der Waals surface area contributed by atoms with Gasteiger partial charge >= 0.3 is 0 Å². The molecule has 0 bridgehead atoms. The van der Waals surface area contributed by atoms with Crippen molar-refractivity contribution in [2.75, 3.05) is 6.54 Å². The van der Waals surface area contributed by atoms with Crippen LogP contribution in [-0.2, 0) is 10.5 Å². The van der Waals surface area contributed by atoms with E-state index in [0.717, 1.165) is 5.56 Å². The number of benzene rings is 1. The molecule has 1 atom stereocenters. The summed E-state index contributed by atoms with van der Waals surface area (Å²) in [5.74, 6) is 1.15. The van der Waals surface area contributed by atoms with Gasteiger partial charge in [0.1, 0.15) is 0 Å². The van der Waals surface area contributed by atoms with Gasteiger partial charge in [0, 0.05) is 22.3 Å². The van der Waals surface area contributed by atoms with Crippen molar-refractivity contribution in [2.24, 2.45) is 5.92 Å². The van der Waals surface area contributed by atoms with E-state index in [4.69, 9.17) is 23.2 Å². The molecular formula is C14H19Cl2NOS. The molecule has 1 rings (SSSR count). The lowest BCUT2D eigenvalue weighted by Gasteiger charge is -2.14. The largest absolute Gasteiger partial charge is 0.355 e. The van der Waals surface area contributed by atoms with Gasteiger partial charge in [-0.05, 0) is 30.5 Å². The molecule has 0 spiro atoms. The summed E-state index contributed by atoms with van der Waals surface area (Å²) in [5, 5.41) is 4.10. The summed E-state index contributed by atoms with van der Waals surface area (Å²) < 4.78 is 0. The Labute approximate surface area is 129 Å². The standard InChI is InChI=1S/C14H19Cl2NOS/c1-9(2)7-17-14(18)10(3)19-8-11-12(15)5-4-6-13(11)16/h4-6,9-10H,7-8H2,1-3H3,(H,17,18). The van der Waals surface area contributed by atoms with Crippen molar-refractivity contribution >= 4 is 40.9 Å². The average Bonchev–Trinajstić information content (AvgIpc) is 2.35. The summed E-state index contributed by atoms with van der Waals surface area (Å²) in [6.45, 7) is 6.74. The molecule has 0 fully saturated rings. The third-order valence-electron chi connectivity index (χ3n) is 2.59. The molecule has 1 unspecified atom stereocenters. The first-order valence-corrected chi connectivity index (χ1v) is 8.04. The number of carbonyl (C=O) groups excluding carboxylic acids is 1. The van der Waals surface area contributed by atoms with Gasteiger partial charge in [-0.2, -0.15) is 0 Å². The van der Waals surface area contributed by atoms with Crippen LogP contribution in [0.3, 0.4) is 0 Å². The number of hydrogen-bond donors (Lipinski definition) is 1. The molecule has 1 aromatic carbocycles. The van der Waals surface area contributed by atoms with Crippen molar-refractivity contribution in [1.82, 2.24) is 5.32 Å². The zero-order valence-electron chi connectivity index (χ0n) is 11.4. The Balaban J connectivity index is 2.50. The van der Waals surface area contributed by atoms with Crippen molar-refractivity contribution in [1.29, 1.82) is 0 Å². The fourth-order valence-electron chi connectivity index (χ4n) is 1.40. The Morgan fingerprint density at radius 2 is 1.84 bits per heavy atom. The Morgan fingerprint density at radius 1 is 1.26 bits per heavy atom. The van der Waals surface area contributed by atoms with E-state index in [9.17, 15) is 4.79 Å². The predicted octanol–water partition coefficient (Wildman–Crippen LogP) is 4.39. The van der Waals surface area contributed by atoms with Gasteiger partial charge in [-0.3, -0.25) is 4.79 Å². The molecule has 1 aromatic rings. The molecule has 0 aliphatic rings. The summed E-state index contributed by atoms with van der Waals surface area (Å²) in [7, 11) is 0. The zero-order valence-corrected chi connectivity index (χ0v) is 13.7. The van der Waals surface area contributed by atoms with Gasteiger partial charge in [0.2, 0.25) is 5.91 Å². The molecule has 106 valence electrons. The Morgan fingerprint density at radius 3 is 2.37 bits per heavy atom. The van der Waals surface area contributed by atoms with Crippen molar-refractivity contribution in [2.45, 2.75) is 31.8 Å². The summed E-state index contributed by atoms with van der Waals surface area (Å²) in [6.07, 6.45) is 0. The van der Waals surface area contributed by atoms with Crippen LogP contribution in [0.4, 0.5) is 0 Å². The third kappa shape index (κ3) is 5.64. The lowest BCUT2D eigenvalue weighted by Crippen LogP contribution is -2.33. The van der Waals surface area contributed by atoms with Crippen LogP contribution in [0.25, 0.3) is 0 Å². The molecule has 0 aliphatic carbocycles. The Bertz CT molecular complexity index is 417. The van der Waals surface area contributed by atoms with E-state index in [0.29, 0.717) is 28.3 Å². The summed E-state index contributed by atoms with van der Waals surface area (Å²) in [4.78, 5) is 11.8. The van der Waals surface area contributed by atoms with Crippen LogP contribution in [0, 0.1) is 5.92 Å². The predicted molar refractivity (Wildman–Crippen MR) is 85.1 cm³/mol. The molecule has 2 nitrogen and oxygen atoms in total. The summed E-state index contributed by atoms with van der Waals surface area (Å²) >= 11 is 13.7. The number of rotatable bonds is 6. The number of nitrogens with one attached hydrogen (secondary N) is 1. The van der Waals surface area contributed by atoms with E-state index >= 15 is 0 Å². The minimum Gasteiger partial charge on any atom is -0.355 e. The maximum absolute atomic E-state index is 11.8. The monoisotopic (exact) mass is 319 g/mol. The first-order valence-electron chi connectivity index (χ1n) is 6.24. The SMILES string of the molecule is CC(C)CNC(=O)C(C)SCc1c(Cl)cccc1Cl. The van der Waals surface area contributed by atoms with Gasteiger partial charge < -0.3 is 5.32 Å². The molecule has 1 N–H and O–H groups in total. The minimum absolute atomic E-state index is 0.0573. The van der Waals surface area contributed by atoms with Crippen molar-refractivity contribution in [3.8, 4) is 0 Å². The second-order valence-electron chi connectivity index (χ2n) is 4.79. The first-order chi connectivity index (χ1) is 8.91. The fraction of sp³-hybridized carbons (Fsp3) is 0.500. The van der Waals surface area contributed by atoms with Gasteiger partial charge in [0.25, 0.3) is 0 Å². The topological polar surface area (TPSA) is 29.1 Å². The summed E-state index contributed by atoms with van der Waals surface area (Å²) in [6, 6.07) is 5.44. The maximum Gasteiger partial charge on any atom is 0.232 e. The number of thioether (sulfide) groups is 1. The molecule has 0 aliphatic heterocycles. The maximum atomic E-state index is 11.8. The number of amides is 1. The van der Waals surface area contributed by atoms with E-state index in [-0.39, 0.29) is 11.2 Å². The molecule has 0 heterocycles. The average molecular weight is 320 g/mol. The van der Waals surface area contributed by atoms with Crippen molar-refractivity contribution < 1.29 is 4.79 Å². The van der Waals surface area contributed by atoms with E-state index in [2.05, 4.69) is 19.2 Å². The van der Waals surface area contributed by atoms with Crippen LogP contribution in [0.5, 0.6) is 0 Å². The van der Waals surface area contributed by atoms with Gasteiger partial charge in [-0.15, -0.1) is 11.8 Å². The van der Waals surface area contributed by atoms with E-state index in [1.54, 1.807) is 0 Å². The van der Waals surface area contributed by atoms with Gasteiger partial charge in [-0.1, -0.05) is 43.1 Å². The highest BCUT2D eigenvalue weighted by atomic mass is 35.5. The van der Waals surface area contributed by atoms with Gasteiger partial charge in [-0.25, -0.2) is 0 Å². The molecule has 0 saturated heterocycles. The molecule has 19 heavy (non-hydrogen) atoms. The summed E-state index contributed by atoms with van der Waals surface area (Å²) in [5.41, 5.74) is 0.888.